The van der Waals surface area contributed by atoms with Gasteiger partial charge in [-0.2, -0.15) is 0 Å². The van der Waals surface area contributed by atoms with Gasteiger partial charge in [-0.15, -0.1) is 0 Å². The van der Waals surface area contributed by atoms with Crippen LogP contribution in [0.5, 0.6) is 5.75 Å². The molecule has 0 aliphatic carbocycles. The standard InChI is InChI=1S/C17H17BrClNO/c1-3-11(2)14-6-4-5-7-16(14)20-10-12-8-13(18)9-15(19)17(12)21/h4-11,21H,3H2,1-2H3/t11-/m0/s1. The number of benzene rings is 2. The SMILES string of the molecule is CC[C@H](C)c1ccccc1N=Cc1cc(Br)cc(Cl)c1O. The Kier molecular flexibility index (Phi) is 5.43. The number of aliphatic imine (C=N–C) groups is 1. The van der Waals surface area contributed by atoms with Gasteiger partial charge in [0.05, 0.1) is 10.7 Å². The molecule has 2 rings (SSSR count). The van der Waals surface area contributed by atoms with E-state index in [1.807, 2.05) is 18.2 Å². The van der Waals surface area contributed by atoms with E-state index >= 15 is 0 Å². The van der Waals surface area contributed by atoms with Crippen molar-refractivity contribution in [1.82, 2.24) is 0 Å². The molecule has 0 spiro atoms. The van der Waals surface area contributed by atoms with Gasteiger partial charge in [0, 0.05) is 16.3 Å². The number of aromatic hydroxyl groups is 1. The smallest absolute Gasteiger partial charge is 0.143 e. The van der Waals surface area contributed by atoms with Crippen molar-refractivity contribution in [1.29, 1.82) is 0 Å². The molecule has 1 N–H and O–H groups in total. The molecule has 2 aromatic carbocycles. The molecule has 0 fully saturated rings. The highest BCUT2D eigenvalue weighted by molar-refractivity contribution is 9.10. The molecule has 0 aliphatic rings. The number of phenols is 1. The van der Waals surface area contributed by atoms with Crippen LogP contribution in [0.25, 0.3) is 0 Å². The van der Waals surface area contributed by atoms with Gasteiger partial charge in [0.25, 0.3) is 0 Å². The van der Waals surface area contributed by atoms with E-state index in [9.17, 15) is 5.11 Å². The third-order valence-corrected chi connectivity index (χ3v) is 4.23. The largest absolute Gasteiger partial charge is 0.506 e. The molecule has 2 nitrogen and oxygen atoms in total. The molecule has 0 aromatic heterocycles. The molecule has 0 bridgehead atoms. The van der Waals surface area contributed by atoms with Crippen LogP contribution in [0.15, 0.2) is 45.9 Å². The summed E-state index contributed by atoms with van der Waals surface area (Å²) in [5.41, 5.74) is 2.72. The Balaban J connectivity index is 2.39. The van der Waals surface area contributed by atoms with Crippen molar-refractivity contribution in [3.05, 3.63) is 57.0 Å². The van der Waals surface area contributed by atoms with Crippen LogP contribution in [0.1, 0.15) is 37.3 Å². The van der Waals surface area contributed by atoms with Gasteiger partial charge < -0.3 is 5.11 Å². The lowest BCUT2D eigenvalue weighted by molar-refractivity contribution is 0.474. The summed E-state index contributed by atoms with van der Waals surface area (Å²) < 4.78 is 0.807. The van der Waals surface area contributed by atoms with Crippen molar-refractivity contribution in [2.45, 2.75) is 26.2 Å². The summed E-state index contributed by atoms with van der Waals surface area (Å²) in [7, 11) is 0. The molecular formula is C17H17BrClNO. The highest BCUT2D eigenvalue weighted by Gasteiger charge is 2.09. The molecule has 0 aliphatic heterocycles. The maximum absolute atomic E-state index is 9.98. The maximum atomic E-state index is 9.98. The van der Waals surface area contributed by atoms with E-state index in [0.29, 0.717) is 16.5 Å². The third-order valence-electron chi connectivity index (χ3n) is 3.48. The quantitative estimate of drug-likeness (QED) is 0.654. The summed E-state index contributed by atoms with van der Waals surface area (Å²) in [5, 5.41) is 10.3. The third kappa shape index (κ3) is 3.86. The topological polar surface area (TPSA) is 32.6 Å². The van der Waals surface area contributed by atoms with E-state index < -0.39 is 0 Å². The Morgan fingerprint density at radius 2 is 2.05 bits per heavy atom. The Morgan fingerprint density at radius 1 is 1.33 bits per heavy atom. The van der Waals surface area contributed by atoms with Crippen LogP contribution >= 0.6 is 27.5 Å². The second-order valence-corrected chi connectivity index (χ2v) is 6.27. The highest BCUT2D eigenvalue weighted by atomic mass is 79.9. The van der Waals surface area contributed by atoms with Crippen LogP contribution in [0.3, 0.4) is 0 Å². The van der Waals surface area contributed by atoms with Crippen LogP contribution in [-0.2, 0) is 0 Å². The molecule has 0 heterocycles. The summed E-state index contributed by atoms with van der Waals surface area (Å²) in [6.45, 7) is 4.34. The number of nitrogens with zero attached hydrogens (tertiary/aromatic N) is 1. The normalized spacial score (nSPS) is 12.8. The average molecular weight is 367 g/mol. The van der Waals surface area contributed by atoms with Gasteiger partial charge in [-0.25, -0.2) is 0 Å². The summed E-state index contributed by atoms with van der Waals surface area (Å²) in [5.74, 6) is 0.489. The molecule has 0 saturated heterocycles. The Hall–Kier alpha value is -1.32. The number of hydrogen-bond acceptors (Lipinski definition) is 2. The fourth-order valence-corrected chi connectivity index (χ4v) is 2.90. The van der Waals surface area contributed by atoms with E-state index in [4.69, 9.17) is 11.6 Å². The fourth-order valence-electron chi connectivity index (χ4n) is 2.07. The van der Waals surface area contributed by atoms with Crippen LogP contribution in [0.2, 0.25) is 5.02 Å². The van der Waals surface area contributed by atoms with Crippen molar-refractivity contribution in [3.63, 3.8) is 0 Å². The lowest BCUT2D eigenvalue weighted by Gasteiger charge is -2.11. The Labute approximate surface area is 138 Å². The first-order valence-electron chi connectivity index (χ1n) is 6.84. The summed E-state index contributed by atoms with van der Waals surface area (Å²) in [4.78, 5) is 4.52. The lowest BCUT2D eigenvalue weighted by atomic mass is 9.97. The summed E-state index contributed by atoms with van der Waals surface area (Å²) >= 11 is 9.33. The van der Waals surface area contributed by atoms with Crippen molar-refractivity contribution >= 4 is 39.4 Å². The molecule has 4 heteroatoms. The van der Waals surface area contributed by atoms with E-state index in [1.54, 1.807) is 18.3 Å². The lowest BCUT2D eigenvalue weighted by Crippen LogP contribution is -1.92. The minimum Gasteiger partial charge on any atom is -0.506 e. The Morgan fingerprint density at radius 3 is 2.76 bits per heavy atom. The van der Waals surface area contributed by atoms with Gasteiger partial charge in [-0.1, -0.05) is 59.6 Å². The first-order valence-corrected chi connectivity index (χ1v) is 8.01. The van der Waals surface area contributed by atoms with Crippen molar-refractivity contribution in [3.8, 4) is 5.75 Å². The molecule has 0 unspecified atom stereocenters. The average Bonchev–Trinajstić information content (AvgIpc) is 2.49. The highest BCUT2D eigenvalue weighted by Crippen LogP contribution is 2.32. The van der Waals surface area contributed by atoms with E-state index in [-0.39, 0.29) is 5.75 Å². The van der Waals surface area contributed by atoms with Crippen molar-refractivity contribution in [2.24, 2.45) is 4.99 Å². The van der Waals surface area contributed by atoms with E-state index in [2.05, 4.69) is 40.8 Å². The summed E-state index contributed by atoms with van der Waals surface area (Å²) in [6, 6.07) is 11.5. The van der Waals surface area contributed by atoms with Gasteiger partial charge in [0.15, 0.2) is 0 Å². The van der Waals surface area contributed by atoms with Crippen molar-refractivity contribution in [2.75, 3.05) is 0 Å². The number of rotatable bonds is 4. The predicted octanol–water partition coefficient (Wildman–Crippen LogP) is 6.07. The monoisotopic (exact) mass is 365 g/mol. The van der Waals surface area contributed by atoms with Crippen molar-refractivity contribution < 1.29 is 5.11 Å². The number of halogens is 2. The summed E-state index contributed by atoms with van der Waals surface area (Å²) in [6.07, 6.45) is 2.70. The van der Waals surface area contributed by atoms with Crippen LogP contribution in [0.4, 0.5) is 5.69 Å². The molecule has 0 amide bonds. The van der Waals surface area contributed by atoms with Crippen LogP contribution in [-0.4, -0.2) is 11.3 Å². The maximum Gasteiger partial charge on any atom is 0.143 e. The molecule has 2 aromatic rings. The minimum atomic E-state index is 0.0460. The molecule has 0 radical (unpaired) electrons. The Bertz CT molecular complexity index is 670. The fraction of sp³-hybridized carbons (Fsp3) is 0.235. The number of para-hydroxylation sites is 1. The zero-order valence-corrected chi connectivity index (χ0v) is 14.3. The molecule has 110 valence electrons. The van der Waals surface area contributed by atoms with Crippen LogP contribution in [0, 0.1) is 0 Å². The number of phenolic OH excluding ortho intramolecular Hbond substituents is 1. The van der Waals surface area contributed by atoms with Gasteiger partial charge in [-0.05, 0) is 36.1 Å². The van der Waals surface area contributed by atoms with E-state index in [0.717, 1.165) is 16.6 Å². The predicted molar refractivity (Wildman–Crippen MR) is 93.2 cm³/mol. The zero-order valence-electron chi connectivity index (χ0n) is 12.0. The molecule has 0 saturated carbocycles. The van der Waals surface area contributed by atoms with Gasteiger partial charge >= 0.3 is 0 Å². The first-order chi connectivity index (χ1) is 10.0. The van der Waals surface area contributed by atoms with E-state index in [1.165, 1.54) is 5.56 Å². The van der Waals surface area contributed by atoms with Gasteiger partial charge in [-0.3, -0.25) is 4.99 Å². The minimum absolute atomic E-state index is 0.0460. The molecule has 1 atom stereocenters. The van der Waals surface area contributed by atoms with Gasteiger partial charge in [0.2, 0.25) is 0 Å². The molecular weight excluding hydrogens is 350 g/mol. The molecule has 21 heavy (non-hydrogen) atoms. The number of hydrogen-bond donors (Lipinski definition) is 1. The second-order valence-electron chi connectivity index (χ2n) is 4.95. The first kappa shape index (κ1) is 16.1. The zero-order chi connectivity index (χ0) is 15.4. The van der Waals surface area contributed by atoms with Crippen LogP contribution < -0.4 is 0 Å². The second kappa shape index (κ2) is 7.10. The van der Waals surface area contributed by atoms with Gasteiger partial charge in [0.1, 0.15) is 5.75 Å².